The van der Waals surface area contributed by atoms with E-state index >= 15 is 0 Å². The molecule has 0 radical (unpaired) electrons. The SMILES string of the molecule is CC(C)(C)C(C)(C)NC(=O)NCC(O)c1cccc(O)c1. The van der Waals surface area contributed by atoms with E-state index in [1.54, 1.807) is 12.1 Å². The first kappa shape index (κ1) is 17.3. The Morgan fingerprint density at radius 1 is 1.24 bits per heavy atom. The highest BCUT2D eigenvalue weighted by Gasteiger charge is 2.34. The monoisotopic (exact) mass is 294 g/mol. The zero-order valence-corrected chi connectivity index (χ0v) is 13.4. The molecule has 0 aliphatic carbocycles. The lowest BCUT2D eigenvalue weighted by Gasteiger charge is -2.39. The highest BCUT2D eigenvalue weighted by atomic mass is 16.3. The van der Waals surface area contributed by atoms with Crippen LogP contribution in [-0.4, -0.2) is 28.3 Å². The van der Waals surface area contributed by atoms with Gasteiger partial charge in [-0.2, -0.15) is 0 Å². The molecule has 5 heteroatoms. The van der Waals surface area contributed by atoms with Gasteiger partial charge in [0, 0.05) is 12.1 Å². The van der Waals surface area contributed by atoms with Crippen LogP contribution < -0.4 is 10.6 Å². The van der Waals surface area contributed by atoms with E-state index in [-0.39, 0.29) is 29.3 Å². The molecule has 0 aliphatic heterocycles. The maximum absolute atomic E-state index is 11.9. The maximum Gasteiger partial charge on any atom is 0.315 e. The van der Waals surface area contributed by atoms with Crippen molar-refractivity contribution in [2.45, 2.75) is 46.3 Å². The number of phenolic OH excluding ortho intramolecular Hbond substituents is 1. The average Bonchev–Trinajstić information content (AvgIpc) is 2.34. The van der Waals surface area contributed by atoms with Gasteiger partial charge in [0.2, 0.25) is 0 Å². The molecule has 1 atom stereocenters. The van der Waals surface area contributed by atoms with Gasteiger partial charge in [-0.25, -0.2) is 4.79 Å². The van der Waals surface area contributed by atoms with Crippen molar-refractivity contribution in [3.05, 3.63) is 29.8 Å². The third-order valence-electron chi connectivity index (χ3n) is 4.01. The van der Waals surface area contributed by atoms with Crippen molar-refractivity contribution in [3.8, 4) is 5.75 Å². The standard InChI is InChI=1S/C16H26N2O3/c1-15(2,3)16(4,5)18-14(21)17-10-13(20)11-7-6-8-12(19)9-11/h6-9,13,19-20H,10H2,1-5H3,(H2,17,18,21). The van der Waals surface area contributed by atoms with Gasteiger partial charge in [-0.3, -0.25) is 0 Å². The first-order valence-electron chi connectivity index (χ1n) is 7.06. The molecule has 0 saturated carbocycles. The fraction of sp³-hybridized carbons (Fsp3) is 0.562. The van der Waals surface area contributed by atoms with Crippen molar-refractivity contribution in [2.75, 3.05) is 6.54 Å². The maximum atomic E-state index is 11.9. The highest BCUT2D eigenvalue weighted by molar-refractivity contribution is 5.74. The quantitative estimate of drug-likeness (QED) is 0.689. The molecule has 1 rings (SSSR count). The number of urea groups is 1. The zero-order valence-electron chi connectivity index (χ0n) is 13.4. The number of benzene rings is 1. The van der Waals surface area contributed by atoms with Gasteiger partial charge in [0.05, 0.1) is 6.10 Å². The lowest BCUT2D eigenvalue weighted by Crippen LogP contribution is -2.55. The Balaban J connectivity index is 2.54. The van der Waals surface area contributed by atoms with Gasteiger partial charge >= 0.3 is 6.03 Å². The summed E-state index contributed by atoms with van der Waals surface area (Å²) in [6.07, 6.45) is -0.861. The van der Waals surface area contributed by atoms with Gasteiger partial charge in [0.1, 0.15) is 5.75 Å². The summed E-state index contributed by atoms with van der Waals surface area (Å²) < 4.78 is 0. The van der Waals surface area contributed by atoms with Crippen LogP contribution >= 0.6 is 0 Å². The van der Waals surface area contributed by atoms with Crippen LogP contribution in [0.15, 0.2) is 24.3 Å². The van der Waals surface area contributed by atoms with E-state index in [4.69, 9.17) is 0 Å². The van der Waals surface area contributed by atoms with E-state index in [1.807, 2.05) is 13.8 Å². The van der Waals surface area contributed by atoms with Crippen molar-refractivity contribution in [1.82, 2.24) is 10.6 Å². The van der Waals surface area contributed by atoms with E-state index in [0.29, 0.717) is 5.56 Å². The molecule has 0 saturated heterocycles. The number of aliphatic hydroxyl groups excluding tert-OH is 1. The van der Waals surface area contributed by atoms with Crippen LogP contribution in [0.3, 0.4) is 0 Å². The van der Waals surface area contributed by atoms with Crippen LogP contribution in [0.25, 0.3) is 0 Å². The molecule has 21 heavy (non-hydrogen) atoms. The van der Waals surface area contributed by atoms with Crippen molar-refractivity contribution in [3.63, 3.8) is 0 Å². The van der Waals surface area contributed by atoms with Crippen LogP contribution in [0.2, 0.25) is 0 Å². The molecule has 1 aromatic carbocycles. The molecule has 5 nitrogen and oxygen atoms in total. The molecular formula is C16H26N2O3. The van der Waals surface area contributed by atoms with Crippen LogP contribution in [0, 0.1) is 5.41 Å². The Bertz CT molecular complexity index is 493. The molecule has 2 amide bonds. The first-order chi connectivity index (χ1) is 9.53. The molecule has 0 bridgehead atoms. The molecule has 4 N–H and O–H groups in total. The van der Waals surface area contributed by atoms with Crippen LogP contribution in [0.1, 0.15) is 46.3 Å². The molecular weight excluding hydrogens is 268 g/mol. The number of nitrogens with one attached hydrogen (secondary N) is 2. The largest absolute Gasteiger partial charge is 0.508 e. The second kappa shape index (κ2) is 6.35. The van der Waals surface area contributed by atoms with E-state index in [1.165, 1.54) is 12.1 Å². The van der Waals surface area contributed by atoms with Crippen LogP contribution in [0.4, 0.5) is 4.79 Å². The van der Waals surface area contributed by atoms with E-state index < -0.39 is 6.10 Å². The van der Waals surface area contributed by atoms with Gasteiger partial charge < -0.3 is 20.8 Å². The van der Waals surface area contributed by atoms with E-state index in [0.717, 1.165) is 0 Å². The Morgan fingerprint density at radius 3 is 2.38 bits per heavy atom. The number of carbonyl (C=O) groups is 1. The lowest BCUT2D eigenvalue weighted by molar-refractivity contribution is 0.156. The minimum Gasteiger partial charge on any atom is -0.508 e. The number of aromatic hydroxyl groups is 1. The fourth-order valence-electron chi connectivity index (χ4n) is 1.55. The number of amides is 2. The van der Waals surface area contributed by atoms with Gasteiger partial charge in [-0.1, -0.05) is 32.9 Å². The van der Waals surface area contributed by atoms with E-state index in [2.05, 4.69) is 31.4 Å². The van der Waals surface area contributed by atoms with Crippen molar-refractivity contribution in [2.24, 2.45) is 5.41 Å². The topological polar surface area (TPSA) is 81.6 Å². The number of hydrogen-bond donors (Lipinski definition) is 4. The Labute approximate surface area is 126 Å². The van der Waals surface area contributed by atoms with Crippen molar-refractivity contribution in [1.29, 1.82) is 0 Å². The van der Waals surface area contributed by atoms with Gasteiger partial charge in [-0.15, -0.1) is 0 Å². The van der Waals surface area contributed by atoms with Gasteiger partial charge in [-0.05, 0) is 37.0 Å². The highest BCUT2D eigenvalue weighted by Crippen LogP contribution is 2.29. The Hall–Kier alpha value is -1.75. The summed E-state index contributed by atoms with van der Waals surface area (Å²) in [7, 11) is 0. The predicted octanol–water partition coefficient (Wildman–Crippen LogP) is 2.55. The van der Waals surface area contributed by atoms with E-state index in [9.17, 15) is 15.0 Å². The molecule has 0 fully saturated rings. The summed E-state index contributed by atoms with van der Waals surface area (Å²) in [5.74, 6) is 0.0878. The van der Waals surface area contributed by atoms with Crippen LogP contribution in [0.5, 0.6) is 5.75 Å². The predicted molar refractivity (Wildman–Crippen MR) is 83.1 cm³/mol. The third-order valence-corrected chi connectivity index (χ3v) is 4.01. The van der Waals surface area contributed by atoms with Crippen molar-refractivity contribution >= 4 is 6.03 Å². The normalized spacial score (nSPS) is 13.6. The molecule has 0 aromatic heterocycles. The number of aliphatic hydroxyl groups is 1. The van der Waals surface area contributed by atoms with Crippen molar-refractivity contribution < 1.29 is 15.0 Å². The summed E-state index contributed by atoms with van der Waals surface area (Å²) in [6, 6.07) is 6.03. The van der Waals surface area contributed by atoms with Gasteiger partial charge in [0.25, 0.3) is 0 Å². The Morgan fingerprint density at radius 2 is 1.86 bits per heavy atom. The first-order valence-corrected chi connectivity index (χ1v) is 7.06. The van der Waals surface area contributed by atoms with Crippen LogP contribution in [-0.2, 0) is 0 Å². The average molecular weight is 294 g/mol. The molecule has 118 valence electrons. The molecule has 0 aliphatic rings. The Kier molecular flexibility index (Phi) is 5.23. The number of rotatable bonds is 4. The zero-order chi connectivity index (χ0) is 16.3. The minimum absolute atomic E-state index is 0.0789. The minimum atomic E-state index is -0.861. The van der Waals surface area contributed by atoms with Gasteiger partial charge in [0.15, 0.2) is 0 Å². The second-order valence-electron chi connectivity index (χ2n) is 6.82. The smallest absolute Gasteiger partial charge is 0.315 e. The number of hydrogen-bond acceptors (Lipinski definition) is 3. The third kappa shape index (κ3) is 4.93. The summed E-state index contributed by atoms with van der Waals surface area (Å²) in [5.41, 5.74) is 0.0895. The molecule has 0 heterocycles. The number of carbonyl (C=O) groups excluding carboxylic acids is 1. The second-order valence-corrected chi connectivity index (χ2v) is 6.82. The summed E-state index contributed by atoms with van der Waals surface area (Å²) in [6.45, 7) is 10.1. The number of phenols is 1. The summed E-state index contributed by atoms with van der Waals surface area (Å²) >= 11 is 0. The summed E-state index contributed by atoms with van der Waals surface area (Å²) in [5, 5.41) is 24.9. The fourth-order valence-corrected chi connectivity index (χ4v) is 1.55. The summed E-state index contributed by atoms with van der Waals surface area (Å²) in [4.78, 5) is 11.9. The molecule has 0 spiro atoms. The lowest BCUT2D eigenvalue weighted by atomic mass is 9.76. The molecule has 1 unspecified atom stereocenters. The molecule has 1 aromatic rings.